The standard InChI is InChI=1S/C20H20O3/c1-2-3-9-18(19(22)16-7-5-4-6-8-16)20(23)17-12-10-15(14-21)11-13-17/h4-14,20,23H,2-3H2,1H3/b18-9+. The predicted molar refractivity (Wildman–Crippen MR) is 90.6 cm³/mol. The Morgan fingerprint density at radius 3 is 2.30 bits per heavy atom. The fraction of sp³-hybridized carbons (Fsp3) is 0.200. The van der Waals surface area contributed by atoms with Crippen LogP contribution in [0.15, 0.2) is 66.2 Å². The molecule has 0 saturated heterocycles. The molecule has 1 unspecified atom stereocenters. The van der Waals surface area contributed by atoms with Crippen LogP contribution in [0, 0.1) is 0 Å². The first-order valence-corrected chi connectivity index (χ1v) is 7.70. The summed E-state index contributed by atoms with van der Waals surface area (Å²) in [7, 11) is 0. The number of aliphatic hydroxyl groups is 1. The van der Waals surface area contributed by atoms with E-state index in [-0.39, 0.29) is 5.78 Å². The zero-order valence-corrected chi connectivity index (χ0v) is 13.1. The molecule has 0 aliphatic carbocycles. The molecule has 3 nitrogen and oxygen atoms in total. The van der Waals surface area contributed by atoms with Crippen LogP contribution in [0.1, 0.15) is 52.1 Å². The van der Waals surface area contributed by atoms with Gasteiger partial charge in [-0.25, -0.2) is 0 Å². The topological polar surface area (TPSA) is 54.4 Å². The third-order valence-corrected chi connectivity index (χ3v) is 3.63. The van der Waals surface area contributed by atoms with Gasteiger partial charge in [0.25, 0.3) is 0 Å². The molecule has 0 aliphatic rings. The average Bonchev–Trinajstić information content (AvgIpc) is 2.62. The van der Waals surface area contributed by atoms with Gasteiger partial charge in [-0.05, 0) is 12.0 Å². The van der Waals surface area contributed by atoms with Crippen LogP contribution < -0.4 is 0 Å². The van der Waals surface area contributed by atoms with Crippen LogP contribution in [0.25, 0.3) is 0 Å². The van der Waals surface area contributed by atoms with E-state index in [1.165, 1.54) is 0 Å². The number of hydrogen-bond acceptors (Lipinski definition) is 3. The van der Waals surface area contributed by atoms with Gasteiger partial charge < -0.3 is 5.11 Å². The molecule has 0 bridgehead atoms. The van der Waals surface area contributed by atoms with Gasteiger partial charge in [-0.2, -0.15) is 0 Å². The number of rotatable bonds is 7. The summed E-state index contributed by atoms with van der Waals surface area (Å²) in [5.41, 5.74) is 2.06. The number of ketones is 1. The largest absolute Gasteiger partial charge is 0.384 e. The molecule has 2 rings (SSSR count). The fourth-order valence-electron chi connectivity index (χ4n) is 2.32. The van der Waals surface area contributed by atoms with Crippen molar-refractivity contribution < 1.29 is 14.7 Å². The second-order valence-electron chi connectivity index (χ2n) is 5.33. The molecule has 1 atom stereocenters. The molecular formula is C20H20O3. The van der Waals surface area contributed by atoms with E-state index in [1.807, 2.05) is 13.0 Å². The SMILES string of the molecule is CCC/C=C(\C(=O)c1ccccc1)C(O)c1ccc(C=O)cc1. The lowest BCUT2D eigenvalue weighted by Gasteiger charge is -2.15. The van der Waals surface area contributed by atoms with Crippen molar-refractivity contribution >= 4 is 12.1 Å². The Labute approximate surface area is 136 Å². The van der Waals surface area contributed by atoms with Crippen molar-refractivity contribution in [2.24, 2.45) is 0 Å². The van der Waals surface area contributed by atoms with Crippen LogP contribution in [0.2, 0.25) is 0 Å². The maximum atomic E-state index is 12.7. The highest BCUT2D eigenvalue weighted by Gasteiger charge is 2.21. The van der Waals surface area contributed by atoms with Crippen molar-refractivity contribution in [3.05, 3.63) is 82.9 Å². The maximum Gasteiger partial charge on any atom is 0.191 e. The molecule has 2 aromatic carbocycles. The fourth-order valence-corrected chi connectivity index (χ4v) is 2.32. The van der Waals surface area contributed by atoms with Gasteiger partial charge in [-0.15, -0.1) is 0 Å². The number of Topliss-reactive ketones (excluding diaryl/α,β-unsaturated/α-hetero) is 1. The van der Waals surface area contributed by atoms with Crippen molar-refractivity contribution in [2.45, 2.75) is 25.9 Å². The Balaban J connectivity index is 2.33. The molecule has 0 saturated carbocycles. The Morgan fingerprint density at radius 1 is 1.09 bits per heavy atom. The van der Waals surface area contributed by atoms with Crippen LogP contribution in [-0.2, 0) is 0 Å². The number of aliphatic hydroxyl groups excluding tert-OH is 1. The summed E-state index contributed by atoms with van der Waals surface area (Å²) in [6, 6.07) is 15.5. The van der Waals surface area contributed by atoms with Crippen LogP contribution in [-0.4, -0.2) is 17.2 Å². The van der Waals surface area contributed by atoms with E-state index in [0.717, 1.165) is 19.1 Å². The summed E-state index contributed by atoms with van der Waals surface area (Å²) in [4.78, 5) is 23.4. The highest BCUT2D eigenvalue weighted by atomic mass is 16.3. The minimum Gasteiger partial charge on any atom is -0.384 e. The number of hydrogen-bond donors (Lipinski definition) is 1. The highest BCUT2D eigenvalue weighted by Crippen LogP contribution is 2.25. The van der Waals surface area contributed by atoms with Crippen LogP contribution in [0.5, 0.6) is 0 Å². The molecule has 0 spiro atoms. The van der Waals surface area contributed by atoms with Gasteiger partial charge in [-0.3, -0.25) is 9.59 Å². The first kappa shape index (κ1) is 16.8. The number of unbranched alkanes of at least 4 members (excludes halogenated alkanes) is 1. The summed E-state index contributed by atoms with van der Waals surface area (Å²) >= 11 is 0. The summed E-state index contributed by atoms with van der Waals surface area (Å²) in [5.74, 6) is -0.175. The van der Waals surface area contributed by atoms with Gasteiger partial charge in [0.15, 0.2) is 5.78 Å². The maximum absolute atomic E-state index is 12.7. The Morgan fingerprint density at radius 2 is 1.74 bits per heavy atom. The van der Waals surface area contributed by atoms with Crippen molar-refractivity contribution in [3.8, 4) is 0 Å². The molecule has 118 valence electrons. The van der Waals surface area contributed by atoms with E-state index >= 15 is 0 Å². The normalized spacial score (nSPS) is 12.7. The third kappa shape index (κ3) is 4.24. The lowest BCUT2D eigenvalue weighted by molar-refractivity contribution is 0.0985. The van der Waals surface area contributed by atoms with Gasteiger partial charge in [0.1, 0.15) is 12.4 Å². The Bertz CT molecular complexity index is 685. The molecule has 0 aromatic heterocycles. The minimum absolute atomic E-state index is 0.175. The zero-order chi connectivity index (χ0) is 16.7. The van der Waals surface area contributed by atoms with Gasteiger partial charge in [0.2, 0.25) is 0 Å². The molecule has 0 aliphatic heterocycles. The second kappa shape index (κ2) is 8.20. The second-order valence-corrected chi connectivity index (χ2v) is 5.33. The predicted octanol–water partition coefficient (Wildman–Crippen LogP) is 4.14. The average molecular weight is 308 g/mol. The van der Waals surface area contributed by atoms with Crippen molar-refractivity contribution in [2.75, 3.05) is 0 Å². The summed E-state index contributed by atoms with van der Waals surface area (Å²) in [5, 5.41) is 10.6. The van der Waals surface area contributed by atoms with E-state index in [2.05, 4.69) is 0 Å². The van der Waals surface area contributed by atoms with Crippen LogP contribution in [0.3, 0.4) is 0 Å². The number of aldehydes is 1. The Kier molecular flexibility index (Phi) is 6.01. The van der Waals surface area contributed by atoms with Crippen molar-refractivity contribution in [3.63, 3.8) is 0 Å². The monoisotopic (exact) mass is 308 g/mol. The third-order valence-electron chi connectivity index (χ3n) is 3.63. The van der Waals surface area contributed by atoms with E-state index in [9.17, 15) is 14.7 Å². The number of carbonyl (C=O) groups is 2. The highest BCUT2D eigenvalue weighted by molar-refractivity contribution is 6.09. The number of benzene rings is 2. The molecule has 3 heteroatoms. The summed E-state index contributed by atoms with van der Waals surface area (Å²) in [6.07, 6.45) is 3.15. The molecule has 0 fully saturated rings. The van der Waals surface area contributed by atoms with E-state index in [1.54, 1.807) is 54.6 Å². The number of carbonyl (C=O) groups excluding carboxylic acids is 2. The van der Waals surface area contributed by atoms with Gasteiger partial charge >= 0.3 is 0 Å². The summed E-state index contributed by atoms with van der Waals surface area (Å²) < 4.78 is 0. The molecule has 0 amide bonds. The number of allylic oxidation sites excluding steroid dienone is 1. The molecule has 0 radical (unpaired) electrons. The molecular weight excluding hydrogens is 288 g/mol. The van der Waals surface area contributed by atoms with E-state index in [0.29, 0.717) is 22.3 Å². The van der Waals surface area contributed by atoms with Gasteiger partial charge in [0.05, 0.1) is 0 Å². The van der Waals surface area contributed by atoms with Crippen molar-refractivity contribution in [1.29, 1.82) is 0 Å². The minimum atomic E-state index is -1.00. The molecule has 23 heavy (non-hydrogen) atoms. The Hall–Kier alpha value is -2.52. The smallest absolute Gasteiger partial charge is 0.191 e. The van der Waals surface area contributed by atoms with E-state index < -0.39 is 6.10 Å². The lowest BCUT2D eigenvalue weighted by atomic mass is 9.93. The lowest BCUT2D eigenvalue weighted by Crippen LogP contribution is -2.12. The van der Waals surface area contributed by atoms with Crippen molar-refractivity contribution in [1.82, 2.24) is 0 Å². The van der Waals surface area contributed by atoms with E-state index in [4.69, 9.17) is 0 Å². The van der Waals surface area contributed by atoms with Gasteiger partial charge in [0, 0.05) is 16.7 Å². The first-order chi connectivity index (χ1) is 11.2. The molecule has 1 N–H and O–H groups in total. The quantitative estimate of drug-likeness (QED) is 0.475. The molecule has 2 aromatic rings. The van der Waals surface area contributed by atoms with Crippen LogP contribution >= 0.6 is 0 Å². The first-order valence-electron chi connectivity index (χ1n) is 7.70. The summed E-state index contributed by atoms with van der Waals surface area (Å²) in [6.45, 7) is 2.02. The molecule has 0 heterocycles. The zero-order valence-electron chi connectivity index (χ0n) is 13.1. The van der Waals surface area contributed by atoms with Crippen LogP contribution in [0.4, 0.5) is 0 Å². The van der Waals surface area contributed by atoms with Gasteiger partial charge in [-0.1, -0.05) is 74.0 Å².